The summed E-state index contributed by atoms with van der Waals surface area (Å²) < 4.78 is 32.7. The zero-order valence-corrected chi connectivity index (χ0v) is 21.5. The summed E-state index contributed by atoms with van der Waals surface area (Å²) in [6.45, 7) is 2.83. The van der Waals surface area contributed by atoms with Crippen LogP contribution >= 0.6 is 11.6 Å². The third-order valence-corrected chi connectivity index (χ3v) is 6.29. The van der Waals surface area contributed by atoms with Gasteiger partial charge in [0.25, 0.3) is 5.91 Å². The maximum Gasteiger partial charge on any atom is 0.300 e. The topological polar surface area (TPSA) is 122 Å². The van der Waals surface area contributed by atoms with Crippen molar-refractivity contribution in [3.8, 4) is 5.75 Å². The molecule has 2 aromatic carbocycles. The van der Waals surface area contributed by atoms with Crippen LogP contribution in [0.3, 0.4) is 0 Å². The molecule has 2 aromatic heterocycles. The Morgan fingerprint density at radius 3 is 2.51 bits per heavy atom. The van der Waals surface area contributed by atoms with Crippen LogP contribution in [0.25, 0.3) is 5.65 Å². The molecule has 0 spiro atoms. The Balaban J connectivity index is 0.000000333. The molecule has 9 nitrogen and oxygen atoms in total. The molecule has 1 amide bonds. The third kappa shape index (κ3) is 6.69. The zero-order chi connectivity index (χ0) is 27.9. The number of nitrogens with zero attached hydrogens (tertiary/aromatic N) is 3. The van der Waals surface area contributed by atoms with Crippen molar-refractivity contribution in [3.63, 3.8) is 0 Å². The molecule has 0 unspecified atom stereocenters. The Morgan fingerprint density at radius 2 is 1.82 bits per heavy atom. The first kappa shape index (κ1) is 28.0. The fraction of sp³-hybridized carbons (Fsp3) is 0.222. The molecule has 12 heteroatoms. The van der Waals surface area contributed by atoms with E-state index < -0.39 is 28.7 Å². The molecule has 4 aromatic rings. The summed E-state index contributed by atoms with van der Waals surface area (Å²) in [6.07, 6.45) is 1.57. The number of nitrogens with one attached hydrogen (secondary N) is 1. The van der Waals surface area contributed by atoms with Crippen molar-refractivity contribution >= 4 is 28.8 Å². The molecular formula is C27H26ClF2N5O4. The first-order valence-electron chi connectivity index (χ1n) is 12.0. The molecule has 1 fully saturated rings. The summed E-state index contributed by atoms with van der Waals surface area (Å²) in [5.74, 6) is -2.45. The number of carbonyl (C=O) groups excluding carboxylic acids is 1. The minimum absolute atomic E-state index is 0.0669. The van der Waals surface area contributed by atoms with Crippen LogP contribution in [0.1, 0.15) is 21.6 Å². The molecule has 4 N–H and O–H groups in total. The number of carbonyl (C=O) groups is 1. The van der Waals surface area contributed by atoms with Gasteiger partial charge >= 0.3 is 5.56 Å². The number of aromatic hydroxyl groups is 1. The molecule has 5 rings (SSSR count). The number of nitrogens with two attached hydrogens (primary N) is 1. The van der Waals surface area contributed by atoms with Crippen molar-refractivity contribution in [2.24, 2.45) is 5.73 Å². The fourth-order valence-corrected chi connectivity index (χ4v) is 4.04. The number of hydrogen-bond acceptors (Lipinski definition) is 7. The van der Waals surface area contributed by atoms with Crippen LogP contribution in [0.4, 0.5) is 14.5 Å². The van der Waals surface area contributed by atoms with Gasteiger partial charge in [0.15, 0.2) is 5.69 Å². The Kier molecular flexibility index (Phi) is 9.07. The summed E-state index contributed by atoms with van der Waals surface area (Å²) in [5, 5.41) is 12.7. The second kappa shape index (κ2) is 12.7. The molecule has 1 aliphatic heterocycles. The van der Waals surface area contributed by atoms with E-state index >= 15 is 0 Å². The maximum atomic E-state index is 14.0. The number of hydrogen-bond donors (Lipinski definition) is 3. The minimum Gasteiger partial charge on any atom is -0.501 e. The highest BCUT2D eigenvalue weighted by Gasteiger charge is 2.20. The summed E-state index contributed by atoms with van der Waals surface area (Å²) >= 11 is 5.73. The highest BCUT2D eigenvalue weighted by molar-refractivity contribution is 6.30. The number of benzene rings is 2. The molecule has 204 valence electrons. The predicted octanol–water partition coefficient (Wildman–Crippen LogP) is 3.24. The van der Waals surface area contributed by atoms with E-state index in [9.17, 15) is 23.5 Å². The average molecular weight is 558 g/mol. The van der Waals surface area contributed by atoms with Crippen LogP contribution in [0.5, 0.6) is 5.75 Å². The Labute approximate surface area is 227 Å². The molecule has 0 saturated carbocycles. The van der Waals surface area contributed by atoms with E-state index in [1.807, 2.05) is 4.90 Å². The number of ether oxygens (including phenoxy) is 1. The highest BCUT2D eigenvalue weighted by Crippen LogP contribution is 2.20. The summed E-state index contributed by atoms with van der Waals surface area (Å²) in [6, 6.07) is 14.0. The van der Waals surface area contributed by atoms with Gasteiger partial charge in [-0.1, -0.05) is 35.9 Å². The van der Waals surface area contributed by atoms with Gasteiger partial charge in [-0.05, 0) is 35.9 Å². The van der Waals surface area contributed by atoms with Gasteiger partial charge in [-0.15, -0.1) is 0 Å². The first-order chi connectivity index (χ1) is 18.8. The van der Waals surface area contributed by atoms with Crippen molar-refractivity contribution in [2.75, 3.05) is 31.2 Å². The van der Waals surface area contributed by atoms with Crippen LogP contribution in [0.2, 0.25) is 5.02 Å². The molecule has 0 bridgehead atoms. The monoisotopic (exact) mass is 557 g/mol. The Morgan fingerprint density at radius 1 is 1.10 bits per heavy atom. The molecule has 0 aliphatic carbocycles. The van der Waals surface area contributed by atoms with E-state index in [0.717, 1.165) is 11.3 Å². The fourth-order valence-electron chi connectivity index (χ4n) is 3.85. The number of fused-ring (bicyclic) bond motifs is 1. The minimum atomic E-state index is -0.802. The van der Waals surface area contributed by atoms with Crippen LogP contribution < -0.4 is 21.5 Å². The van der Waals surface area contributed by atoms with Crippen LogP contribution in [0, 0.1) is 11.6 Å². The van der Waals surface area contributed by atoms with Gasteiger partial charge in [0.05, 0.1) is 23.9 Å². The van der Waals surface area contributed by atoms with Crippen molar-refractivity contribution in [1.82, 2.24) is 14.7 Å². The van der Waals surface area contributed by atoms with Gasteiger partial charge in [-0.3, -0.25) is 14.0 Å². The molecule has 39 heavy (non-hydrogen) atoms. The van der Waals surface area contributed by atoms with Gasteiger partial charge in [0.2, 0.25) is 5.75 Å². The lowest BCUT2D eigenvalue weighted by Gasteiger charge is -2.28. The predicted molar refractivity (Wildman–Crippen MR) is 143 cm³/mol. The molecule has 0 atom stereocenters. The van der Waals surface area contributed by atoms with E-state index in [-0.39, 0.29) is 28.6 Å². The highest BCUT2D eigenvalue weighted by atomic mass is 35.5. The van der Waals surface area contributed by atoms with Gasteiger partial charge in [-0.2, -0.15) is 0 Å². The van der Waals surface area contributed by atoms with Crippen molar-refractivity contribution in [1.29, 1.82) is 0 Å². The largest absolute Gasteiger partial charge is 0.501 e. The lowest BCUT2D eigenvalue weighted by Crippen LogP contribution is -2.36. The van der Waals surface area contributed by atoms with E-state index in [1.165, 1.54) is 28.7 Å². The number of morpholine rings is 1. The molecule has 3 heterocycles. The SMILES string of the molecule is NCc1ccc(F)cc1.O=C(NCc1cccc(Cl)c1F)c1nc2ccc(N3CCOCC3)cn2c(=O)c1O. The summed E-state index contributed by atoms with van der Waals surface area (Å²) in [7, 11) is 0. The van der Waals surface area contributed by atoms with Crippen molar-refractivity contribution in [3.05, 3.63) is 105 Å². The number of rotatable bonds is 5. The van der Waals surface area contributed by atoms with Crippen LogP contribution in [-0.4, -0.2) is 46.7 Å². The lowest BCUT2D eigenvalue weighted by atomic mass is 10.2. The van der Waals surface area contributed by atoms with Gasteiger partial charge in [-0.25, -0.2) is 13.8 Å². The van der Waals surface area contributed by atoms with Crippen molar-refractivity contribution < 1.29 is 23.4 Å². The summed E-state index contributed by atoms with van der Waals surface area (Å²) in [4.78, 5) is 31.3. The maximum absolute atomic E-state index is 14.0. The molecule has 1 aliphatic rings. The normalized spacial score (nSPS) is 13.1. The van der Waals surface area contributed by atoms with Gasteiger partial charge in [0.1, 0.15) is 17.3 Å². The molecular weight excluding hydrogens is 532 g/mol. The van der Waals surface area contributed by atoms with Gasteiger partial charge < -0.3 is 25.8 Å². The Bertz CT molecular complexity index is 1530. The number of pyridine rings is 1. The molecule has 0 radical (unpaired) electrons. The number of halogens is 3. The van der Waals surface area contributed by atoms with E-state index in [4.69, 9.17) is 22.1 Å². The number of aromatic nitrogens is 2. The lowest BCUT2D eigenvalue weighted by molar-refractivity contribution is 0.0942. The Hall–Kier alpha value is -4.06. The first-order valence-corrected chi connectivity index (χ1v) is 12.4. The van der Waals surface area contributed by atoms with E-state index in [1.54, 1.807) is 36.5 Å². The zero-order valence-electron chi connectivity index (χ0n) is 20.7. The van der Waals surface area contributed by atoms with Crippen LogP contribution in [0.15, 0.2) is 65.6 Å². The van der Waals surface area contributed by atoms with E-state index in [0.29, 0.717) is 32.8 Å². The molecule has 1 saturated heterocycles. The van der Waals surface area contributed by atoms with Gasteiger partial charge in [0, 0.05) is 37.9 Å². The van der Waals surface area contributed by atoms with Crippen molar-refractivity contribution in [2.45, 2.75) is 13.1 Å². The average Bonchev–Trinajstić information content (AvgIpc) is 2.96. The number of amides is 1. The number of anilines is 1. The second-order valence-electron chi connectivity index (χ2n) is 8.56. The second-order valence-corrected chi connectivity index (χ2v) is 8.96. The third-order valence-electron chi connectivity index (χ3n) is 5.99. The van der Waals surface area contributed by atoms with Crippen LogP contribution in [-0.2, 0) is 17.8 Å². The summed E-state index contributed by atoms with van der Waals surface area (Å²) in [5.41, 5.74) is 6.19. The van der Waals surface area contributed by atoms with E-state index in [2.05, 4.69) is 10.3 Å². The standard InChI is InChI=1S/C20H18ClFN4O4.C7H8FN/c21-14-3-1-2-12(16(14)22)10-23-19(28)17-18(27)20(29)26-11-13(4-5-15(26)24-17)25-6-8-30-9-7-25;8-7-3-1-6(5-9)2-4-7/h1-5,11,27H,6-10H2,(H,23,28);1-4H,5,9H2. The quantitative estimate of drug-likeness (QED) is 0.344. The smallest absolute Gasteiger partial charge is 0.300 e.